The lowest BCUT2D eigenvalue weighted by atomic mass is 10.2. The first kappa shape index (κ1) is 21.3. The zero-order valence-corrected chi connectivity index (χ0v) is 17.2. The van der Waals surface area contributed by atoms with Crippen molar-refractivity contribution in [3.63, 3.8) is 0 Å². The zero-order valence-electron chi connectivity index (χ0n) is 15.6. The van der Waals surface area contributed by atoms with Crippen LogP contribution in [0.15, 0.2) is 72.4 Å². The molecule has 0 atom stereocenters. The summed E-state index contributed by atoms with van der Waals surface area (Å²) in [5.41, 5.74) is 1.17. The van der Waals surface area contributed by atoms with Crippen LogP contribution in [-0.2, 0) is 9.59 Å². The molecule has 1 aromatic heterocycles. The molecule has 2 aromatic carbocycles. The Morgan fingerprint density at radius 1 is 0.967 bits per heavy atom. The van der Waals surface area contributed by atoms with Gasteiger partial charge < -0.3 is 15.7 Å². The predicted octanol–water partition coefficient (Wildman–Crippen LogP) is 4.04. The minimum atomic E-state index is -1.19. The Hall–Kier alpha value is -3.42. The van der Waals surface area contributed by atoms with Gasteiger partial charge >= 0.3 is 5.97 Å². The smallest absolute Gasteiger partial charge is 0.322 e. The molecule has 8 heteroatoms. The molecule has 0 aliphatic carbocycles. The summed E-state index contributed by atoms with van der Waals surface area (Å²) < 4.78 is 0. The summed E-state index contributed by atoms with van der Waals surface area (Å²) in [7, 11) is 0. The highest BCUT2D eigenvalue weighted by Gasteiger charge is 2.16. The molecule has 6 nitrogen and oxygen atoms in total. The summed E-state index contributed by atoms with van der Waals surface area (Å²) in [4.78, 5) is 37.3. The molecule has 2 amide bonds. The number of rotatable bonds is 7. The average Bonchev–Trinajstić information content (AvgIpc) is 3.20. The number of thiophene rings is 1. The van der Waals surface area contributed by atoms with Crippen LogP contribution in [0.2, 0.25) is 5.02 Å². The number of carboxylic acids is 1. The number of amides is 2. The number of carbonyl (C=O) groups excluding carboxylic acids is 2. The lowest BCUT2D eigenvalue weighted by Crippen LogP contribution is -2.37. The Labute approximate surface area is 181 Å². The lowest BCUT2D eigenvalue weighted by Gasteiger charge is -2.10. The molecule has 0 saturated carbocycles. The van der Waals surface area contributed by atoms with Crippen molar-refractivity contribution in [1.29, 1.82) is 0 Å². The quantitative estimate of drug-likeness (QED) is 0.483. The van der Waals surface area contributed by atoms with E-state index in [1.165, 1.54) is 17.4 Å². The van der Waals surface area contributed by atoms with E-state index < -0.39 is 24.3 Å². The number of carbonyl (C=O) groups is 3. The van der Waals surface area contributed by atoms with E-state index in [-0.39, 0.29) is 5.70 Å². The van der Waals surface area contributed by atoms with Crippen molar-refractivity contribution >= 4 is 46.8 Å². The second-order valence-corrected chi connectivity index (χ2v) is 7.66. The van der Waals surface area contributed by atoms with Crippen molar-refractivity contribution in [2.75, 3.05) is 6.54 Å². The van der Waals surface area contributed by atoms with Crippen molar-refractivity contribution in [2.24, 2.45) is 0 Å². The maximum absolute atomic E-state index is 12.5. The first-order valence-corrected chi connectivity index (χ1v) is 10.1. The molecule has 0 radical (unpaired) electrons. The van der Waals surface area contributed by atoms with Crippen LogP contribution in [0.3, 0.4) is 0 Å². The molecule has 3 rings (SSSR count). The minimum absolute atomic E-state index is 0.0577. The molecule has 0 bridgehead atoms. The Morgan fingerprint density at radius 2 is 1.67 bits per heavy atom. The summed E-state index contributed by atoms with van der Waals surface area (Å²) in [6.07, 6.45) is 1.50. The van der Waals surface area contributed by atoms with Gasteiger partial charge in [0.25, 0.3) is 11.8 Å². The number of benzene rings is 2. The van der Waals surface area contributed by atoms with E-state index in [1.54, 1.807) is 42.5 Å². The van der Waals surface area contributed by atoms with Crippen LogP contribution in [0.1, 0.15) is 15.2 Å². The van der Waals surface area contributed by atoms with Gasteiger partial charge in [0.1, 0.15) is 12.2 Å². The van der Waals surface area contributed by atoms with Crippen LogP contribution in [0.5, 0.6) is 0 Å². The lowest BCUT2D eigenvalue weighted by molar-refractivity contribution is -0.137. The van der Waals surface area contributed by atoms with E-state index in [9.17, 15) is 14.4 Å². The third-order valence-corrected chi connectivity index (χ3v) is 5.38. The van der Waals surface area contributed by atoms with Gasteiger partial charge in [-0.25, -0.2) is 0 Å². The first-order valence-electron chi connectivity index (χ1n) is 8.87. The second-order valence-electron chi connectivity index (χ2n) is 6.14. The van der Waals surface area contributed by atoms with Gasteiger partial charge in [0.2, 0.25) is 0 Å². The summed E-state index contributed by atoms with van der Waals surface area (Å²) >= 11 is 7.63. The molecule has 30 heavy (non-hydrogen) atoms. The fourth-order valence-electron chi connectivity index (χ4n) is 2.57. The largest absolute Gasteiger partial charge is 0.480 e. The molecule has 0 aliphatic heterocycles. The standard InChI is InChI=1S/C22H17ClN2O4S/c23-17-9-5-4-8-16(17)19-11-10-15(30-19)12-18(22(29)24-13-20(26)27)25-21(28)14-6-2-1-3-7-14/h1-12H,13H2,(H,24,29)(H,25,28)(H,26,27). The van der Waals surface area contributed by atoms with Gasteiger partial charge in [-0.3, -0.25) is 14.4 Å². The molecular weight excluding hydrogens is 424 g/mol. The minimum Gasteiger partial charge on any atom is -0.480 e. The maximum Gasteiger partial charge on any atom is 0.322 e. The molecule has 152 valence electrons. The number of nitrogens with one attached hydrogen (secondary N) is 2. The van der Waals surface area contributed by atoms with Crippen LogP contribution in [0.25, 0.3) is 16.5 Å². The number of carboxylic acid groups (broad SMARTS) is 1. The SMILES string of the molecule is O=C(O)CNC(=O)C(=Cc1ccc(-c2ccccc2Cl)s1)NC(=O)c1ccccc1. The summed E-state index contributed by atoms with van der Waals surface area (Å²) in [5.74, 6) is -2.36. The fourth-order valence-corrected chi connectivity index (χ4v) is 3.86. The maximum atomic E-state index is 12.5. The number of aliphatic carboxylic acids is 1. The van der Waals surface area contributed by atoms with Gasteiger partial charge in [-0.2, -0.15) is 0 Å². The molecule has 0 saturated heterocycles. The van der Waals surface area contributed by atoms with E-state index in [0.29, 0.717) is 15.5 Å². The monoisotopic (exact) mass is 440 g/mol. The van der Waals surface area contributed by atoms with Crippen LogP contribution in [-0.4, -0.2) is 29.4 Å². The summed E-state index contributed by atoms with van der Waals surface area (Å²) in [6.45, 7) is -0.563. The van der Waals surface area contributed by atoms with Crippen molar-refractivity contribution in [2.45, 2.75) is 0 Å². The number of hydrogen-bond acceptors (Lipinski definition) is 4. The van der Waals surface area contributed by atoms with Gasteiger partial charge in [-0.1, -0.05) is 48.0 Å². The van der Waals surface area contributed by atoms with Gasteiger partial charge in [0.05, 0.1) is 0 Å². The van der Waals surface area contributed by atoms with Gasteiger partial charge in [0, 0.05) is 25.9 Å². The van der Waals surface area contributed by atoms with Crippen LogP contribution >= 0.6 is 22.9 Å². The topological polar surface area (TPSA) is 95.5 Å². The Morgan fingerprint density at radius 3 is 2.37 bits per heavy atom. The molecule has 1 heterocycles. The normalized spacial score (nSPS) is 11.0. The Kier molecular flexibility index (Phi) is 7.00. The van der Waals surface area contributed by atoms with E-state index in [1.807, 2.05) is 24.3 Å². The third kappa shape index (κ3) is 5.56. The van der Waals surface area contributed by atoms with E-state index >= 15 is 0 Å². The van der Waals surface area contributed by atoms with Crippen molar-refractivity contribution in [3.05, 3.63) is 87.9 Å². The van der Waals surface area contributed by atoms with Crippen LogP contribution in [0.4, 0.5) is 0 Å². The number of hydrogen-bond donors (Lipinski definition) is 3. The Bertz CT molecular complexity index is 1110. The van der Waals surface area contributed by atoms with Crippen LogP contribution < -0.4 is 10.6 Å². The molecule has 0 aliphatic rings. The third-order valence-electron chi connectivity index (χ3n) is 3.98. The van der Waals surface area contributed by atoms with E-state index in [2.05, 4.69) is 10.6 Å². The van der Waals surface area contributed by atoms with E-state index in [4.69, 9.17) is 16.7 Å². The first-order chi connectivity index (χ1) is 14.4. The second kappa shape index (κ2) is 9.87. The van der Waals surface area contributed by atoms with E-state index in [0.717, 1.165) is 10.4 Å². The zero-order chi connectivity index (χ0) is 21.5. The molecule has 3 aromatic rings. The van der Waals surface area contributed by atoms with Crippen molar-refractivity contribution in [1.82, 2.24) is 10.6 Å². The van der Waals surface area contributed by atoms with Crippen LogP contribution in [0, 0.1) is 0 Å². The molecule has 0 fully saturated rings. The highest BCUT2D eigenvalue weighted by Crippen LogP contribution is 2.33. The van der Waals surface area contributed by atoms with Gasteiger partial charge in [-0.15, -0.1) is 11.3 Å². The molecule has 0 unspecified atom stereocenters. The fraction of sp³-hybridized carbons (Fsp3) is 0.0455. The van der Waals surface area contributed by atoms with Gasteiger partial charge in [-0.05, 0) is 36.4 Å². The average molecular weight is 441 g/mol. The highest BCUT2D eigenvalue weighted by molar-refractivity contribution is 7.16. The molecule has 3 N–H and O–H groups in total. The van der Waals surface area contributed by atoms with Gasteiger partial charge in [0.15, 0.2) is 0 Å². The highest BCUT2D eigenvalue weighted by atomic mass is 35.5. The van der Waals surface area contributed by atoms with Crippen molar-refractivity contribution in [3.8, 4) is 10.4 Å². The summed E-state index contributed by atoms with van der Waals surface area (Å²) in [5, 5.41) is 14.3. The molecule has 0 spiro atoms. The molecular formula is C22H17ClN2O4S. The number of halogens is 1. The Balaban J connectivity index is 1.88. The summed E-state index contributed by atoms with van der Waals surface area (Å²) in [6, 6.07) is 19.5. The van der Waals surface area contributed by atoms with Crippen molar-refractivity contribution < 1.29 is 19.5 Å². The predicted molar refractivity (Wildman–Crippen MR) is 117 cm³/mol.